The molecule has 1 aromatic carbocycles. The molecule has 1 nitrogen and oxygen atoms in total. The van der Waals surface area contributed by atoms with E-state index in [1.807, 2.05) is 6.92 Å². The molecular weight excluding hydrogens is 170 g/mol. The average Bonchev–Trinajstić information content (AvgIpc) is 2.15. The van der Waals surface area contributed by atoms with Crippen molar-refractivity contribution >= 4 is 0 Å². The van der Waals surface area contributed by atoms with E-state index in [1.165, 1.54) is 29.5 Å². The largest absolute Gasteiger partial charge is 0.331 e. The summed E-state index contributed by atoms with van der Waals surface area (Å²) >= 11 is 0. The fourth-order valence-electron chi connectivity index (χ4n) is 1.35. The van der Waals surface area contributed by atoms with E-state index in [0.717, 1.165) is 6.54 Å². The highest BCUT2D eigenvalue weighted by molar-refractivity contribution is 5.32. The standard InChI is InChI=1S/C11H16.C2H7N/c1-4-6-11-8-5-7-9(2)10(11)3;1-2-3/h5,7-8H,4,6H2,1-3H3;2-3H2,1H3. The van der Waals surface area contributed by atoms with Crippen molar-refractivity contribution < 1.29 is 0 Å². The molecule has 0 fully saturated rings. The van der Waals surface area contributed by atoms with Gasteiger partial charge < -0.3 is 5.73 Å². The van der Waals surface area contributed by atoms with Crippen LogP contribution in [0.1, 0.15) is 37.0 Å². The van der Waals surface area contributed by atoms with Gasteiger partial charge in [0.25, 0.3) is 0 Å². The van der Waals surface area contributed by atoms with Gasteiger partial charge in [-0.15, -0.1) is 0 Å². The van der Waals surface area contributed by atoms with E-state index < -0.39 is 0 Å². The van der Waals surface area contributed by atoms with Gasteiger partial charge in [0.2, 0.25) is 0 Å². The Labute approximate surface area is 88.3 Å². The highest BCUT2D eigenvalue weighted by Crippen LogP contribution is 2.13. The Bertz CT molecular complexity index is 253. The van der Waals surface area contributed by atoms with Gasteiger partial charge in [-0.3, -0.25) is 0 Å². The van der Waals surface area contributed by atoms with Crippen LogP contribution in [0.25, 0.3) is 0 Å². The van der Waals surface area contributed by atoms with Crippen LogP contribution in [0, 0.1) is 13.8 Å². The zero-order chi connectivity index (χ0) is 11.0. The van der Waals surface area contributed by atoms with Gasteiger partial charge >= 0.3 is 0 Å². The predicted molar refractivity (Wildman–Crippen MR) is 64.6 cm³/mol. The van der Waals surface area contributed by atoms with Crippen LogP contribution in [0.2, 0.25) is 0 Å². The summed E-state index contributed by atoms with van der Waals surface area (Å²) in [5, 5.41) is 0. The molecule has 0 unspecified atom stereocenters. The lowest BCUT2D eigenvalue weighted by Crippen LogP contribution is -1.90. The van der Waals surface area contributed by atoms with E-state index in [2.05, 4.69) is 39.0 Å². The molecule has 0 saturated carbocycles. The van der Waals surface area contributed by atoms with Gasteiger partial charge in [0.15, 0.2) is 0 Å². The monoisotopic (exact) mass is 193 g/mol. The van der Waals surface area contributed by atoms with Crippen molar-refractivity contribution in [3.05, 3.63) is 34.9 Å². The summed E-state index contributed by atoms with van der Waals surface area (Å²) in [6, 6.07) is 6.55. The van der Waals surface area contributed by atoms with E-state index in [4.69, 9.17) is 5.73 Å². The fourth-order valence-corrected chi connectivity index (χ4v) is 1.35. The molecule has 0 radical (unpaired) electrons. The maximum atomic E-state index is 4.85. The summed E-state index contributed by atoms with van der Waals surface area (Å²) in [6.45, 7) is 9.26. The molecule has 0 aliphatic carbocycles. The van der Waals surface area contributed by atoms with Gasteiger partial charge in [-0.2, -0.15) is 0 Å². The second kappa shape index (κ2) is 7.57. The van der Waals surface area contributed by atoms with Crippen LogP contribution >= 0.6 is 0 Å². The number of nitrogens with two attached hydrogens (primary N) is 1. The molecule has 0 spiro atoms. The minimum Gasteiger partial charge on any atom is -0.331 e. The Morgan fingerprint density at radius 1 is 1.14 bits per heavy atom. The quantitative estimate of drug-likeness (QED) is 0.766. The number of rotatable bonds is 2. The maximum Gasteiger partial charge on any atom is -0.0106 e. The molecule has 1 heteroatoms. The summed E-state index contributed by atoms with van der Waals surface area (Å²) in [5.74, 6) is 0. The van der Waals surface area contributed by atoms with E-state index in [-0.39, 0.29) is 0 Å². The minimum absolute atomic E-state index is 0.750. The molecule has 0 bridgehead atoms. The lowest BCUT2D eigenvalue weighted by molar-refractivity contribution is 0.910. The molecule has 2 N–H and O–H groups in total. The molecule has 0 atom stereocenters. The van der Waals surface area contributed by atoms with Crippen LogP contribution in [-0.2, 0) is 6.42 Å². The normalized spacial score (nSPS) is 9.21. The van der Waals surface area contributed by atoms with Crippen LogP contribution < -0.4 is 5.73 Å². The number of hydrogen-bond acceptors (Lipinski definition) is 1. The molecule has 0 amide bonds. The average molecular weight is 193 g/mol. The molecular formula is C13H23N. The third-order valence-electron chi connectivity index (χ3n) is 2.24. The van der Waals surface area contributed by atoms with Gasteiger partial charge in [-0.05, 0) is 43.5 Å². The predicted octanol–water partition coefficient (Wildman–Crippen LogP) is 3.22. The van der Waals surface area contributed by atoms with Crippen LogP contribution in [0.3, 0.4) is 0 Å². The first-order chi connectivity index (χ1) is 6.67. The van der Waals surface area contributed by atoms with Gasteiger partial charge in [-0.25, -0.2) is 0 Å². The third-order valence-corrected chi connectivity index (χ3v) is 2.24. The molecule has 0 aliphatic rings. The lowest BCUT2D eigenvalue weighted by atomic mass is 10.0. The highest BCUT2D eigenvalue weighted by atomic mass is 14.5. The second-order valence-corrected chi connectivity index (χ2v) is 3.52. The van der Waals surface area contributed by atoms with Crippen LogP contribution in [0.4, 0.5) is 0 Å². The fraction of sp³-hybridized carbons (Fsp3) is 0.538. The Morgan fingerprint density at radius 2 is 1.71 bits per heavy atom. The number of aryl methyl sites for hydroxylation is 2. The Balaban J connectivity index is 0.000000500. The second-order valence-electron chi connectivity index (χ2n) is 3.52. The first kappa shape index (κ1) is 13.2. The summed E-state index contributed by atoms with van der Waals surface area (Å²) in [7, 11) is 0. The summed E-state index contributed by atoms with van der Waals surface area (Å²) in [4.78, 5) is 0. The highest BCUT2D eigenvalue weighted by Gasteiger charge is 1.97. The van der Waals surface area contributed by atoms with E-state index >= 15 is 0 Å². The minimum atomic E-state index is 0.750. The topological polar surface area (TPSA) is 26.0 Å². The van der Waals surface area contributed by atoms with Gasteiger partial charge in [0.1, 0.15) is 0 Å². The molecule has 0 heterocycles. The van der Waals surface area contributed by atoms with Crippen molar-refractivity contribution in [3.8, 4) is 0 Å². The molecule has 0 aliphatic heterocycles. The van der Waals surface area contributed by atoms with Crippen molar-refractivity contribution in [2.75, 3.05) is 6.54 Å². The SMILES string of the molecule is CCCc1cccc(C)c1C.CCN. The van der Waals surface area contributed by atoms with Crippen LogP contribution in [0.5, 0.6) is 0 Å². The van der Waals surface area contributed by atoms with Crippen molar-refractivity contribution in [2.45, 2.75) is 40.5 Å². The van der Waals surface area contributed by atoms with E-state index in [0.29, 0.717) is 0 Å². The first-order valence-corrected chi connectivity index (χ1v) is 5.42. The lowest BCUT2D eigenvalue weighted by Gasteiger charge is -2.05. The third kappa shape index (κ3) is 4.43. The molecule has 14 heavy (non-hydrogen) atoms. The number of hydrogen-bond donors (Lipinski definition) is 1. The first-order valence-electron chi connectivity index (χ1n) is 5.42. The van der Waals surface area contributed by atoms with Gasteiger partial charge in [0.05, 0.1) is 0 Å². The summed E-state index contributed by atoms with van der Waals surface area (Å²) in [5.41, 5.74) is 9.23. The Kier molecular flexibility index (Phi) is 7.13. The van der Waals surface area contributed by atoms with E-state index in [9.17, 15) is 0 Å². The molecule has 0 aromatic heterocycles. The Hall–Kier alpha value is -0.820. The molecule has 80 valence electrons. The van der Waals surface area contributed by atoms with Gasteiger partial charge in [-0.1, -0.05) is 38.5 Å². The Morgan fingerprint density at radius 3 is 2.21 bits per heavy atom. The molecule has 1 rings (SSSR count). The van der Waals surface area contributed by atoms with Crippen LogP contribution in [-0.4, -0.2) is 6.54 Å². The van der Waals surface area contributed by atoms with Gasteiger partial charge in [0, 0.05) is 0 Å². The zero-order valence-electron chi connectivity index (χ0n) is 9.93. The van der Waals surface area contributed by atoms with Crippen molar-refractivity contribution in [1.29, 1.82) is 0 Å². The van der Waals surface area contributed by atoms with Crippen molar-refractivity contribution in [2.24, 2.45) is 5.73 Å². The van der Waals surface area contributed by atoms with Crippen molar-refractivity contribution in [1.82, 2.24) is 0 Å². The van der Waals surface area contributed by atoms with Crippen molar-refractivity contribution in [3.63, 3.8) is 0 Å². The maximum absolute atomic E-state index is 4.85. The summed E-state index contributed by atoms with van der Waals surface area (Å²) < 4.78 is 0. The summed E-state index contributed by atoms with van der Waals surface area (Å²) in [6.07, 6.45) is 2.46. The molecule has 0 saturated heterocycles. The molecule has 1 aromatic rings. The number of benzene rings is 1. The zero-order valence-corrected chi connectivity index (χ0v) is 9.93. The van der Waals surface area contributed by atoms with E-state index in [1.54, 1.807) is 0 Å². The van der Waals surface area contributed by atoms with Crippen LogP contribution in [0.15, 0.2) is 18.2 Å². The smallest absolute Gasteiger partial charge is 0.0106 e.